The molecule has 1 saturated carbocycles. The summed E-state index contributed by atoms with van der Waals surface area (Å²) in [5.41, 5.74) is 0. The van der Waals surface area contributed by atoms with Gasteiger partial charge in [0, 0.05) is 0 Å². The molecule has 2 aliphatic rings. The van der Waals surface area contributed by atoms with Crippen LogP contribution in [0.1, 0.15) is 39.0 Å². The molecule has 0 radical (unpaired) electrons. The molecule has 1 saturated heterocycles. The molecule has 2 fully saturated rings. The van der Waals surface area contributed by atoms with Crippen molar-refractivity contribution in [2.45, 2.75) is 39.0 Å². The lowest BCUT2D eigenvalue weighted by Crippen LogP contribution is -2.32. The SMILES string of the molecule is CC1CCCC1.CN1CCC1. The highest BCUT2D eigenvalue weighted by molar-refractivity contribution is 4.61. The third kappa shape index (κ3) is 3.76. The standard InChI is InChI=1S/C6H12.C4H9N/c1-6-4-2-3-5-6;1-5-3-2-4-5/h6H,2-5H2,1H3;2-4H2,1H3. The Morgan fingerprint density at radius 3 is 1.55 bits per heavy atom. The maximum absolute atomic E-state index is 2.34. The number of hydrogen-bond donors (Lipinski definition) is 0. The van der Waals surface area contributed by atoms with E-state index in [9.17, 15) is 0 Å². The molecule has 1 aliphatic carbocycles. The van der Waals surface area contributed by atoms with Gasteiger partial charge in [0.1, 0.15) is 0 Å². The maximum Gasteiger partial charge on any atom is -0.000959 e. The van der Waals surface area contributed by atoms with Gasteiger partial charge in [0.15, 0.2) is 0 Å². The summed E-state index contributed by atoms with van der Waals surface area (Å²) in [6.45, 7) is 4.98. The van der Waals surface area contributed by atoms with E-state index in [1.807, 2.05) is 0 Å². The van der Waals surface area contributed by atoms with Gasteiger partial charge in [0.05, 0.1) is 0 Å². The number of hydrogen-bond acceptors (Lipinski definition) is 1. The summed E-state index contributed by atoms with van der Waals surface area (Å²) >= 11 is 0. The van der Waals surface area contributed by atoms with Crippen LogP contribution in [0.15, 0.2) is 0 Å². The second kappa shape index (κ2) is 4.76. The van der Waals surface area contributed by atoms with Crippen molar-refractivity contribution in [1.82, 2.24) is 4.90 Å². The zero-order chi connectivity index (χ0) is 8.10. The molecular weight excluding hydrogens is 134 g/mol. The first-order valence-electron chi connectivity index (χ1n) is 4.97. The van der Waals surface area contributed by atoms with E-state index in [-0.39, 0.29) is 0 Å². The fourth-order valence-corrected chi connectivity index (χ4v) is 1.60. The number of rotatable bonds is 0. The Bertz CT molecular complexity index is 91.0. The van der Waals surface area contributed by atoms with E-state index in [4.69, 9.17) is 0 Å². The third-order valence-electron chi connectivity index (χ3n) is 2.72. The van der Waals surface area contributed by atoms with Gasteiger partial charge < -0.3 is 4.90 Å². The fraction of sp³-hybridized carbons (Fsp3) is 1.00. The van der Waals surface area contributed by atoms with Crippen LogP contribution < -0.4 is 0 Å². The van der Waals surface area contributed by atoms with Crippen molar-refractivity contribution in [3.8, 4) is 0 Å². The smallest absolute Gasteiger partial charge is 0.000959 e. The summed E-state index contributed by atoms with van der Waals surface area (Å²) in [7, 11) is 2.14. The second-order valence-electron chi connectivity index (χ2n) is 4.05. The van der Waals surface area contributed by atoms with Gasteiger partial charge in [-0.15, -0.1) is 0 Å². The summed E-state index contributed by atoms with van der Waals surface area (Å²) in [5.74, 6) is 1.05. The minimum atomic E-state index is 1.05. The molecule has 0 atom stereocenters. The molecule has 0 aromatic heterocycles. The number of nitrogens with zero attached hydrogens (tertiary/aromatic N) is 1. The average Bonchev–Trinajstić information content (AvgIpc) is 2.36. The highest BCUT2D eigenvalue weighted by Crippen LogP contribution is 2.22. The molecule has 0 bridgehead atoms. The van der Waals surface area contributed by atoms with Crippen molar-refractivity contribution in [3.63, 3.8) is 0 Å². The van der Waals surface area contributed by atoms with Crippen molar-refractivity contribution < 1.29 is 0 Å². The Balaban J connectivity index is 0.000000112. The van der Waals surface area contributed by atoms with E-state index in [1.165, 1.54) is 45.2 Å². The zero-order valence-electron chi connectivity index (χ0n) is 7.97. The Hall–Kier alpha value is -0.0400. The van der Waals surface area contributed by atoms with E-state index in [0.717, 1.165) is 5.92 Å². The molecule has 1 nitrogen and oxygen atoms in total. The Morgan fingerprint density at radius 2 is 1.45 bits per heavy atom. The van der Waals surface area contributed by atoms with Crippen LogP contribution in [-0.2, 0) is 0 Å². The van der Waals surface area contributed by atoms with Gasteiger partial charge in [-0.3, -0.25) is 0 Å². The van der Waals surface area contributed by atoms with E-state index < -0.39 is 0 Å². The van der Waals surface area contributed by atoms with Crippen molar-refractivity contribution in [3.05, 3.63) is 0 Å². The molecule has 66 valence electrons. The summed E-state index contributed by atoms with van der Waals surface area (Å²) in [6.07, 6.45) is 7.36. The largest absolute Gasteiger partial charge is 0.306 e. The predicted molar refractivity (Wildman–Crippen MR) is 49.7 cm³/mol. The molecule has 0 unspecified atom stereocenters. The van der Waals surface area contributed by atoms with Gasteiger partial charge in [-0.05, 0) is 32.5 Å². The minimum absolute atomic E-state index is 1.05. The Labute approximate surface area is 70.8 Å². The molecule has 0 aromatic carbocycles. The number of likely N-dealkylation sites (tertiary alicyclic amines) is 1. The van der Waals surface area contributed by atoms with E-state index >= 15 is 0 Å². The van der Waals surface area contributed by atoms with Crippen LogP contribution in [0.4, 0.5) is 0 Å². The fourth-order valence-electron chi connectivity index (χ4n) is 1.60. The van der Waals surface area contributed by atoms with Gasteiger partial charge in [0.2, 0.25) is 0 Å². The predicted octanol–water partition coefficient (Wildman–Crippen LogP) is 2.52. The van der Waals surface area contributed by atoms with E-state index in [0.29, 0.717) is 0 Å². The molecule has 0 spiro atoms. The van der Waals surface area contributed by atoms with Crippen molar-refractivity contribution in [2.24, 2.45) is 5.92 Å². The van der Waals surface area contributed by atoms with Crippen LogP contribution in [0.2, 0.25) is 0 Å². The highest BCUT2D eigenvalue weighted by Gasteiger charge is 2.07. The van der Waals surface area contributed by atoms with Crippen LogP contribution in [0, 0.1) is 5.92 Å². The summed E-state index contributed by atoms with van der Waals surface area (Å²) < 4.78 is 0. The lowest BCUT2D eigenvalue weighted by molar-refractivity contribution is 0.229. The zero-order valence-corrected chi connectivity index (χ0v) is 7.97. The van der Waals surface area contributed by atoms with Crippen LogP contribution >= 0.6 is 0 Å². The van der Waals surface area contributed by atoms with Crippen LogP contribution in [0.25, 0.3) is 0 Å². The van der Waals surface area contributed by atoms with Crippen LogP contribution in [0.5, 0.6) is 0 Å². The monoisotopic (exact) mass is 155 g/mol. The lowest BCUT2D eigenvalue weighted by Gasteiger charge is -2.24. The molecule has 0 aromatic rings. The topological polar surface area (TPSA) is 3.24 Å². The quantitative estimate of drug-likeness (QED) is 0.519. The summed E-state index contributed by atoms with van der Waals surface area (Å²) in [5, 5.41) is 0. The maximum atomic E-state index is 2.34. The van der Waals surface area contributed by atoms with Crippen molar-refractivity contribution >= 4 is 0 Å². The average molecular weight is 155 g/mol. The summed E-state index contributed by atoms with van der Waals surface area (Å²) in [6, 6.07) is 0. The normalized spacial score (nSPS) is 25.6. The first-order valence-corrected chi connectivity index (χ1v) is 4.97. The Morgan fingerprint density at radius 1 is 1.00 bits per heavy atom. The van der Waals surface area contributed by atoms with E-state index in [1.54, 1.807) is 0 Å². The molecule has 0 amide bonds. The minimum Gasteiger partial charge on any atom is -0.306 e. The Kier molecular flexibility index (Phi) is 3.92. The second-order valence-corrected chi connectivity index (χ2v) is 4.05. The van der Waals surface area contributed by atoms with Gasteiger partial charge in [-0.1, -0.05) is 32.6 Å². The van der Waals surface area contributed by atoms with Gasteiger partial charge in [-0.25, -0.2) is 0 Å². The molecule has 11 heavy (non-hydrogen) atoms. The van der Waals surface area contributed by atoms with Gasteiger partial charge in [0.25, 0.3) is 0 Å². The molecular formula is C10H21N. The molecule has 1 aliphatic heterocycles. The molecule has 2 rings (SSSR count). The van der Waals surface area contributed by atoms with Crippen molar-refractivity contribution in [1.29, 1.82) is 0 Å². The molecule has 0 N–H and O–H groups in total. The van der Waals surface area contributed by atoms with E-state index in [2.05, 4.69) is 18.9 Å². The van der Waals surface area contributed by atoms with Gasteiger partial charge >= 0.3 is 0 Å². The third-order valence-corrected chi connectivity index (χ3v) is 2.72. The van der Waals surface area contributed by atoms with Crippen LogP contribution in [0.3, 0.4) is 0 Å². The first kappa shape index (κ1) is 9.05. The van der Waals surface area contributed by atoms with Crippen LogP contribution in [-0.4, -0.2) is 25.0 Å². The van der Waals surface area contributed by atoms with Crippen molar-refractivity contribution in [2.75, 3.05) is 20.1 Å². The highest BCUT2D eigenvalue weighted by atomic mass is 15.1. The molecule has 1 heterocycles. The summed E-state index contributed by atoms with van der Waals surface area (Å²) in [4.78, 5) is 2.31. The lowest BCUT2D eigenvalue weighted by atomic mass is 10.2. The molecule has 1 heteroatoms. The van der Waals surface area contributed by atoms with Gasteiger partial charge in [-0.2, -0.15) is 0 Å². The first-order chi connectivity index (χ1) is 5.29.